The van der Waals surface area contributed by atoms with Gasteiger partial charge in [0.15, 0.2) is 4.77 Å². The number of nitrogens with one attached hydrogen (secondary N) is 1. The molecule has 0 saturated heterocycles. The van der Waals surface area contributed by atoms with Crippen molar-refractivity contribution in [2.75, 3.05) is 0 Å². The van der Waals surface area contributed by atoms with Gasteiger partial charge in [-0.1, -0.05) is 37.9 Å². The Bertz CT molecular complexity index is 653. The highest BCUT2D eigenvalue weighted by Gasteiger charge is 2.36. The molecule has 0 spiro atoms. The van der Waals surface area contributed by atoms with Crippen molar-refractivity contribution in [1.82, 2.24) is 9.55 Å². The van der Waals surface area contributed by atoms with E-state index in [9.17, 15) is 0 Å². The Balaban J connectivity index is 2.27. The van der Waals surface area contributed by atoms with Gasteiger partial charge in [0, 0.05) is 6.04 Å². The molecule has 2 aromatic rings. The Hall–Kier alpha value is -0.800. The van der Waals surface area contributed by atoms with Crippen molar-refractivity contribution in [3.05, 3.63) is 28.0 Å². The van der Waals surface area contributed by atoms with E-state index in [1.165, 1.54) is 19.3 Å². The first-order chi connectivity index (χ1) is 8.50. The number of aromatic nitrogens is 2. The van der Waals surface area contributed by atoms with Crippen molar-refractivity contribution >= 4 is 34.9 Å². The van der Waals surface area contributed by atoms with Crippen LogP contribution in [0.2, 0.25) is 5.02 Å². The maximum atomic E-state index is 6.23. The van der Waals surface area contributed by atoms with E-state index in [1.54, 1.807) is 0 Å². The molecule has 1 aromatic carbocycles. The summed E-state index contributed by atoms with van der Waals surface area (Å²) in [5, 5.41) is 0.744. The van der Waals surface area contributed by atoms with Gasteiger partial charge in [0.25, 0.3) is 0 Å². The van der Waals surface area contributed by atoms with E-state index in [0.29, 0.717) is 11.5 Å². The highest BCUT2D eigenvalue weighted by molar-refractivity contribution is 7.71. The molecule has 18 heavy (non-hydrogen) atoms. The number of H-pyrrole nitrogens is 1. The number of fused-ring (bicyclic) bond motifs is 1. The zero-order valence-corrected chi connectivity index (χ0v) is 12.2. The van der Waals surface area contributed by atoms with Crippen molar-refractivity contribution in [2.45, 2.75) is 39.2 Å². The molecule has 1 aromatic heterocycles. The van der Waals surface area contributed by atoms with Crippen LogP contribution in [-0.2, 0) is 0 Å². The van der Waals surface area contributed by atoms with Gasteiger partial charge >= 0.3 is 0 Å². The number of hydrogen-bond donors (Lipinski definition) is 1. The highest BCUT2D eigenvalue weighted by Crippen LogP contribution is 2.47. The number of aromatic amines is 1. The second-order valence-electron chi connectivity index (χ2n) is 5.83. The zero-order valence-electron chi connectivity index (χ0n) is 10.7. The molecule has 0 radical (unpaired) electrons. The number of nitrogens with zero attached hydrogens (tertiary/aromatic N) is 1. The number of halogens is 1. The van der Waals surface area contributed by atoms with Crippen LogP contribution < -0.4 is 0 Å². The summed E-state index contributed by atoms with van der Waals surface area (Å²) in [5.41, 5.74) is 2.40. The van der Waals surface area contributed by atoms with Crippen LogP contribution in [0.5, 0.6) is 0 Å². The summed E-state index contributed by atoms with van der Waals surface area (Å²) in [6.45, 7) is 4.66. The highest BCUT2D eigenvalue weighted by atomic mass is 35.5. The fourth-order valence-electron chi connectivity index (χ4n) is 3.21. The van der Waals surface area contributed by atoms with E-state index in [1.807, 2.05) is 12.1 Å². The Morgan fingerprint density at radius 3 is 2.89 bits per heavy atom. The van der Waals surface area contributed by atoms with Gasteiger partial charge in [0.05, 0.1) is 16.1 Å². The Labute approximate surface area is 117 Å². The number of hydrogen-bond acceptors (Lipinski definition) is 1. The Morgan fingerprint density at radius 2 is 2.22 bits per heavy atom. The minimum absolute atomic E-state index is 0.301. The monoisotopic (exact) mass is 280 g/mol. The van der Waals surface area contributed by atoms with Gasteiger partial charge in [0.2, 0.25) is 0 Å². The van der Waals surface area contributed by atoms with Gasteiger partial charge in [-0.15, -0.1) is 0 Å². The number of para-hydroxylation sites is 1. The van der Waals surface area contributed by atoms with Crippen molar-refractivity contribution < 1.29 is 0 Å². The van der Waals surface area contributed by atoms with Gasteiger partial charge < -0.3 is 9.55 Å². The Kier molecular flexibility index (Phi) is 2.79. The average Bonchev–Trinajstić information content (AvgIpc) is 2.79. The van der Waals surface area contributed by atoms with E-state index in [0.717, 1.165) is 20.8 Å². The smallest absolute Gasteiger partial charge is 0.178 e. The Morgan fingerprint density at radius 1 is 1.44 bits per heavy atom. The second-order valence-corrected chi connectivity index (χ2v) is 6.62. The van der Waals surface area contributed by atoms with E-state index in [-0.39, 0.29) is 0 Å². The SMILES string of the molecule is CC1(C)CCCC1n1c(=S)[nH]c2c(Cl)cccc21. The molecule has 96 valence electrons. The lowest BCUT2D eigenvalue weighted by Crippen LogP contribution is -2.21. The molecule has 3 rings (SSSR count). The fourth-order valence-corrected chi connectivity index (χ4v) is 3.75. The predicted octanol–water partition coefficient (Wildman–Crippen LogP) is 5.10. The van der Waals surface area contributed by atoms with Crippen LogP contribution in [0.1, 0.15) is 39.2 Å². The zero-order chi connectivity index (χ0) is 12.9. The standard InChI is InChI=1S/C14H17ClN2S/c1-14(2)8-4-7-11(14)17-10-6-3-5-9(15)12(10)16-13(17)18/h3,5-6,11H,4,7-8H2,1-2H3,(H,16,18). The molecule has 1 atom stereocenters. The lowest BCUT2D eigenvalue weighted by Gasteiger charge is -2.28. The second kappa shape index (κ2) is 4.10. The number of rotatable bonds is 1. The molecule has 1 saturated carbocycles. The molecule has 1 aliphatic carbocycles. The van der Waals surface area contributed by atoms with Crippen LogP contribution in [-0.4, -0.2) is 9.55 Å². The topological polar surface area (TPSA) is 20.7 Å². The maximum absolute atomic E-state index is 6.23. The van der Waals surface area contributed by atoms with Crippen LogP contribution in [0.25, 0.3) is 11.0 Å². The van der Waals surface area contributed by atoms with Crippen molar-refractivity contribution in [3.8, 4) is 0 Å². The first-order valence-corrected chi connectivity index (χ1v) is 7.18. The largest absolute Gasteiger partial charge is 0.329 e. The molecule has 1 fully saturated rings. The summed E-state index contributed by atoms with van der Waals surface area (Å²) in [6.07, 6.45) is 3.72. The van der Waals surface area contributed by atoms with Gasteiger partial charge in [-0.2, -0.15) is 0 Å². The molecule has 1 heterocycles. The van der Waals surface area contributed by atoms with Crippen LogP contribution >= 0.6 is 23.8 Å². The third kappa shape index (κ3) is 1.72. The number of benzene rings is 1. The molecular weight excluding hydrogens is 264 g/mol. The summed E-state index contributed by atoms with van der Waals surface area (Å²) >= 11 is 11.7. The van der Waals surface area contributed by atoms with Crippen molar-refractivity contribution in [1.29, 1.82) is 0 Å². The summed E-state index contributed by atoms with van der Waals surface area (Å²) in [7, 11) is 0. The van der Waals surface area contributed by atoms with Gasteiger partial charge in [0.1, 0.15) is 0 Å². The predicted molar refractivity (Wildman–Crippen MR) is 78.8 cm³/mol. The molecular formula is C14H17ClN2S. The minimum Gasteiger partial charge on any atom is -0.329 e. The fraction of sp³-hybridized carbons (Fsp3) is 0.500. The van der Waals surface area contributed by atoms with Crippen molar-refractivity contribution in [3.63, 3.8) is 0 Å². The van der Waals surface area contributed by atoms with Gasteiger partial charge in [-0.05, 0) is 42.6 Å². The average molecular weight is 281 g/mol. The molecule has 0 bridgehead atoms. The van der Waals surface area contributed by atoms with Crippen molar-refractivity contribution in [2.24, 2.45) is 5.41 Å². The quantitative estimate of drug-likeness (QED) is 0.721. The van der Waals surface area contributed by atoms with Crippen LogP contribution in [0.3, 0.4) is 0 Å². The first kappa shape index (κ1) is 12.2. The summed E-state index contributed by atoms with van der Waals surface area (Å²) in [4.78, 5) is 3.26. The number of imidazole rings is 1. The van der Waals surface area contributed by atoms with Gasteiger partial charge in [-0.3, -0.25) is 0 Å². The van der Waals surface area contributed by atoms with Crippen LogP contribution in [0, 0.1) is 10.2 Å². The lowest BCUT2D eigenvalue weighted by atomic mass is 9.87. The molecule has 0 aliphatic heterocycles. The molecule has 1 N–H and O–H groups in total. The summed E-state index contributed by atoms with van der Waals surface area (Å²) in [5.74, 6) is 0. The summed E-state index contributed by atoms with van der Waals surface area (Å²) < 4.78 is 3.06. The van der Waals surface area contributed by atoms with Gasteiger partial charge in [-0.25, -0.2) is 0 Å². The summed E-state index contributed by atoms with van der Waals surface area (Å²) in [6, 6.07) is 6.46. The van der Waals surface area contributed by atoms with Crippen LogP contribution in [0.15, 0.2) is 18.2 Å². The van der Waals surface area contributed by atoms with E-state index < -0.39 is 0 Å². The molecule has 0 amide bonds. The molecule has 2 nitrogen and oxygen atoms in total. The third-order valence-electron chi connectivity index (χ3n) is 4.21. The lowest BCUT2D eigenvalue weighted by molar-refractivity contribution is 0.264. The maximum Gasteiger partial charge on any atom is 0.178 e. The van der Waals surface area contributed by atoms with E-state index in [2.05, 4.69) is 29.5 Å². The molecule has 1 aliphatic rings. The molecule has 4 heteroatoms. The van der Waals surface area contributed by atoms with E-state index in [4.69, 9.17) is 23.8 Å². The third-order valence-corrected chi connectivity index (χ3v) is 4.83. The van der Waals surface area contributed by atoms with Crippen LogP contribution in [0.4, 0.5) is 0 Å². The first-order valence-electron chi connectivity index (χ1n) is 6.39. The minimum atomic E-state index is 0.301. The normalized spacial score (nSPS) is 22.7. The molecule has 1 unspecified atom stereocenters. The van der Waals surface area contributed by atoms with E-state index >= 15 is 0 Å².